The highest BCUT2D eigenvalue weighted by Gasteiger charge is 2.38. The van der Waals surface area contributed by atoms with Gasteiger partial charge in [0.1, 0.15) is 12.4 Å². The molecule has 1 atom stereocenters. The largest absolute Gasteiger partial charge is 0.490 e. The number of hydrogen-bond donors (Lipinski definition) is 1. The van der Waals surface area contributed by atoms with E-state index in [1.54, 1.807) is 6.08 Å². The second-order valence-electron chi connectivity index (χ2n) is 5.89. The minimum Gasteiger partial charge on any atom is -0.490 e. The minimum atomic E-state index is -0.262. The average molecular weight is 288 g/mol. The molecule has 0 aliphatic carbocycles. The fourth-order valence-electron chi connectivity index (χ4n) is 2.65. The van der Waals surface area contributed by atoms with Crippen LogP contribution in [0.3, 0.4) is 0 Å². The third-order valence-electron chi connectivity index (χ3n) is 3.94. The lowest BCUT2D eigenvalue weighted by molar-refractivity contribution is -0.139. The summed E-state index contributed by atoms with van der Waals surface area (Å²) in [6.07, 6.45) is 2.63. The van der Waals surface area contributed by atoms with Gasteiger partial charge in [-0.25, -0.2) is 0 Å². The summed E-state index contributed by atoms with van der Waals surface area (Å²) in [6, 6.07) is 7.85. The van der Waals surface area contributed by atoms with Gasteiger partial charge in [-0.1, -0.05) is 24.8 Å². The van der Waals surface area contributed by atoms with E-state index in [-0.39, 0.29) is 11.3 Å². The standard InChI is InChI=1S/C17H24N2O2/c1-4-11-21-15-7-5-14(6-8-15)12-19(3)16(20)17(2)9-10-18-13-17/h4-8,18H,1,9-13H2,2-3H3. The third-order valence-corrected chi connectivity index (χ3v) is 3.94. The van der Waals surface area contributed by atoms with Crippen molar-refractivity contribution in [2.75, 3.05) is 26.7 Å². The van der Waals surface area contributed by atoms with Crippen LogP contribution in [0.4, 0.5) is 0 Å². The highest BCUT2D eigenvalue weighted by atomic mass is 16.5. The van der Waals surface area contributed by atoms with Crippen molar-refractivity contribution in [2.45, 2.75) is 19.9 Å². The average Bonchev–Trinajstić information content (AvgIpc) is 2.93. The van der Waals surface area contributed by atoms with Crippen LogP contribution in [-0.4, -0.2) is 37.6 Å². The van der Waals surface area contributed by atoms with Crippen LogP contribution >= 0.6 is 0 Å². The number of carbonyl (C=O) groups is 1. The number of benzene rings is 1. The van der Waals surface area contributed by atoms with E-state index in [0.717, 1.165) is 30.8 Å². The molecule has 1 aliphatic heterocycles. The molecule has 4 heteroatoms. The van der Waals surface area contributed by atoms with Gasteiger partial charge in [0.15, 0.2) is 0 Å². The van der Waals surface area contributed by atoms with E-state index in [2.05, 4.69) is 11.9 Å². The van der Waals surface area contributed by atoms with Gasteiger partial charge in [-0.05, 0) is 37.6 Å². The van der Waals surface area contributed by atoms with Crippen LogP contribution in [0.15, 0.2) is 36.9 Å². The van der Waals surface area contributed by atoms with Crippen LogP contribution in [0, 0.1) is 5.41 Å². The van der Waals surface area contributed by atoms with Gasteiger partial charge < -0.3 is 15.0 Å². The molecule has 1 unspecified atom stereocenters. The Morgan fingerprint density at radius 3 is 2.76 bits per heavy atom. The molecule has 21 heavy (non-hydrogen) atoms. The Balaban J connectivity index is 1.94. The van der Waals surface area contributed by atoms with Crippen molar-refractivity contribution < 1.29 is 9.53 Å². The van der Waals surface area contributed by atoms with Crippen LogP contribution in [0.2, 0.25) is 0 Å². The first-order valence-corrected chi connectivity index (χ1v) is 7.34. The number of nitrogens with one attached hydrogen (secondary N) is 1. The molecule has 114 valence electrons. The van der Waals surface area contributed by atoms with Gasteiger partial charge in [-0.3, -0.25) is 4.79 Å². The van der Waals surface area contributed by atoms with Crippen LogP contribution in [0.25, 0.3) is 0 Å². The molecular formula is C17H24N2O2. The molecule has 0 aromatic heterocycles. The van der Waals surface area contributed by atoms with E-state index in [1.807, 2.05) is 43.1 Å². The predicted octanol–water partition coefficient (Wildman–Crippen LogP) is 2.21. The van der Waals surface area contributed by atoms with Crippen molar-refractivity contribution >= 4 is 5.91 Å². The summed E-state index contributed by atoms with van der Waals surface area (Å²) in [6.45, 7) is 8.48. The van der Waals surface area contributed by atoms with Gasteiger partial charge in [0.05, 0.1) is 5.41 Å². The summed E-state index contributed by atoms with van der Waals surface area (Å²) in [5, 5.41) is 3.27. The van der Waals surface area contributed by atoms with Gasteiger partial charge >= 0.3 is 0 Å². The quantitative estimate of drug-likeness (QED) is 0.816. The fourth-order valence-corrected chi connectivity index (χ4v) is 2.65. The Morgan fingerprint density at radius 1 is 1.48 bits per heavy atom. The van der Waals surface area contributed by atoms with Crippen molar-refractivity contribution in [3.05, 3.63) is 42.5 Å². The molecule has 1 aliphatic rings. The van der Waals surface area contributed by atoms with Gasteiger partial charge in [-0.15, -0.1) is 0 Å². The third kappa shape index (κ3) is 3.85. The van der Waals surface area contributed by atoms with E-state index in [4.69, 9.17) is 4.74 Å². The molecule has 0 bridgehead atoms. The Morgan fingerprint density at radius 2 is 2.19 bits per heavy atom. The Labute approximate surface area is 126 Å². The number of hydrogen-bond acceptors (Lipinski definition) is 3. The second-order valence-corrected chi connectivity index (χ2v) is 5.89. The maximum Gasteiger partial charge on any atom is 0.229 e. The summed E-state index contributed by atoms with van der Waals surface area (Å²) in [7, 11) is 1.87. The monoisotopic (exact) mass is 288 g/mol. The van der Waals surface area contributed by atoms with Crippen LogP contribution in [-0.2, 0) is 11.3 Å². The number of rotatable bonds is 6. The van der Waals surface area contributed by atoms with Crippen molar-refractivity contribution in [1.29, 1.82) is 0 Å². The van der Waals surface area contributed by atoms with Crippen LogP contribution in [0.5, 0.6) is 5.75 Å². The summed E-state index contributed by atoms with van der Waals surface area (Å²) in [4.78, 5) is 14.3. The summed E-state index contributed by atoms with van der Waals surface area (Å²) >= 11 is 0. The second kappa shape index (κ2) is 6.76. The molecule has 1 fully saturated rings. The molecule has 1 heterocycles. The smallest absolute Gasteiger partial charge is 0.229 e. The highest BCUT2D eigenvalue weighted by molar-refractivity contribution is 5.82. The van der Waals surface area contributed by atoms with Gasteiger partial charge in [0, 0.05) is 20.1 Å². The molecule has 1 aromatic rings. The Hall–Kier alpha value is -1.81. The summed E-state index contributed by atoms with van der Waals surface area (Å²) in [5.41, 5.74) is 0.841. The molecule has 1 aromatic carbocycles. The number of amides is 1. The fraction of sp³-hybridized carbons (Fsp3) is 0.471. The zero-order valence-electron chi connectivity index (χ0n) is 12.9. The molecule has 0 spiro atoms. The lowest BCUT2D eigenvalue weighted by atomic mass is 9.88. The number of ether oxygens (including phenoxy) is 1. The molecule has 0 radical (unpaired) electrons. The Bertz CT molecular complexity index is 490. The van der Waals surface area contributed by atoms with Gasteiger partial charge in [0.2, 0.25) is 5.91 Å². The first-order valence-electron chi connectivity index (χ1n) is 7.34. The molecule has 1 saturated heterocycles. The van der Waals surface area contributed by atoms with Crippen LogP contribution < -0.4 is 10.1 Å². The maximum absolute atomic E-state index is 12.5. The van der Waals surface area contributed by atoms with Crippen LogP contribution in [0.1, 0.15) is 18.9 Å². The minimum absolute atomic E-state index is 0.208. The van der Waals surface area contributed by atoms with E-state index >= 15 is 0 Å². The van der Waals surface area contributed by atoms with Crippen molar-refractivity contribution in [3.8, 4) is 5.75 Å². The van der Waals surface area contributed by atoms with Crippen molar-refractivity contribution in [2.24, 2.45) is 5.41 Å². The SMILES string of the molecule is C=CCOc1ccc(CN(C)C(=O)C2(C)CCNC2)cc1. The van der Waals surface area contributed by atoms with Gasteiger partial charge in [0.25, 0.3) is 0 Å². The molecule has 1 amide bonds. The summed E-state index contributed by atoms with van der Waals surface area (Å²) in [5.74, 6) is 1.03. The maximum atomic E-state index is 12.5. The van der Waals surface area contributed by atoms with Crippen molar-refractivity contribution in [3.63, 3.8) is 0 Å². The molecule has 2 rings (SSSR count). The molecule has 0 saturated carbocycles. The molecular weight excluding hydrogens is 264 g/mol. The summed E-state index contributed by atoms with van der Waals surface area (Å²) < 4.78 is 5.45. The zero-order chi connectivity index (χ0) is 15.3. The predicted molar refractivity (Wildman–Crippen MR) is 84.2 cm³/mol. The zero-order valence-corrected chi connectivity index (χ0v) is 12.9. The van der Waals surface area contributed by atoms with E-state index in [1.165, 1.54) is 0 Å². The highest BCUT2D eigenvalue weighted by Crippen LogP contribution is 2.27. The first-order chi connectivity index (χ1) is 10.0. The van der Waals surface area contributed by atoms with E-state index in [9.17, 15) is 4.79 Å². The Kier molecular flexibility index (Phi) is 5.02. The van der Waals surface area contributed by atoms with Gasteiger partial charge in [-0.2, -0.15) is 0 Å². The number of carbonyl (C=O) groups excluding carboxylic acids is 1. The van der Waals surface area contributed by atoms with Crippen molar-refractivity contribution in [1.82, 2.24) is 10.2 Å². The lowest BCUT2D eigenvalue weighted by Crippen LogP contribution is -2.41. The lowest BCUT2D eigenvalue weighted by Gasteiger charge is -2.28. The van der Waals surface area contributed by atoms with E-state index in [0.29, 0.717) is 13.2 Å². The first kappa shape index (κ1) is 15.6. The van der Waals surface area contributed by atoms with E-state index < -0.39 is 0 Å². The molecule has 1 N–H and O–H groups in total. The number of nitrogens with zero attached hydrogens (tertiary/aromatic N) is 1. The molecule has 4 nitrogen and oxygen atoms in total. The topological polar surface area (TPSA) is 41.6 Å². The normalized spacial score (nSPS) is 21.0.